The second kappa shape index (κ2) is 13.4. The number of thiophene rings is 1. The van der Waals surface area contributed by atoms with Crippen LogP contribution in [0.3, 0.4) is 0 Å². The minimum absolute atomic E-state index is 0.104. The molecule has 2 aromatic rings. The molecule has 8 nitrogen and oxygen atoms in total. The van der Waals surface area contributed by atoms with Crippen molar-refractivity contribution in [2.75, 3.05) is 26.7 Å². The lowest BCUT2D eigenvalue weighted by Crippen LogP contribution is -2.44. The zero-order chi connectivity index (χ0) is 28.6. The maximum Gasteiger partial charge on any atom is 0.490 e. The van der Waals surface area contributed by atoms with Crippen molar-refractivity contribution in [3.63, 3.8) is 0 Å². The maximum atomic E-state index is 10.6. The largest absolute Gasteiger partial charge is 0.490 e. The fraction of sp³-hybridized carbons (Fsp3) is 0.565. The van der Waals surface area contributed by atoms with Gasteiger partial charge in [0.15, 0.2) is 0 Å². The van der Waals surface area contributed by atoms with E-state index in [0.717, 1.165) is 57.8 Å². The SMILES string of the molecule is CN(Cc1ccco1)C1COC2(CCN(Cc3ccsc3)CC2)C1.O=C(O)C(F)(F)F.O=C(O)C(F)(F)F. The lowest BCUT2D eigenvalue weighted by Gasteiger charge is -2.38. The molecule has 1 atom stereocenters. The third kappa shape index (κ3) is 10.3. The summed E-state index contributed by atoms with van der Waals surface area (Å²) in [5.74, 6) is -4.48. The van der Waals surface area contributed by atoms with Crippen molar-refractivity contribution >= 4 is 23.3 Å². The molecular formula is C23H28F6N2O6S. The van der Waals surface area contributed by atoms with Gasteiger partial charge in [-0.1, -0.05) is 0 Å². The number of aliphatic carboxylic acids is 2. The van der Waals surface area contributed by atoms with Gasteiger partial charge in [0.2, 0.25) is 0 Å². The number of carbonyl (C=O) groups is 2. The molecule has 0 aromatic carbocycles. The van der Waals surface area contributed by atoms with Gasteiger partial charge < -0.3 is 19.4 Å². The van der Waals surface area contributed by atoms with Gasteiger partial charge >= 0.3 is 24.3 Å². The zero-order valence-corrected chi connectivity index (χ0v) is 21.1. The lowest BCUT2D eigenvalue weighted by atomic mass is 9.87. The summed E-state index contributed by atoms with van der Waals surface area (Å²) < 4.78 is 75.3. The summed E-state index contributed by atoms with van der Waals surface area (Å²) in [5.41, 5.74) is 1.55. The van der Waals surface area contributed by atoms with E-state index in [1.165, 1.54) is 5.56 Å². The topological polar surface area (TPSA) is 103 Å². The molecule has 2 aromatic heterocycles. The first-order valence-electron chi connectivity index (χ1n) is 11.3. The van der Waals surface area contributed by atoms with Crippen molar-refractivity contribution in [1.29, 1.82) is 0 Å². The smallest absolute Gasteiger partial charge is 0.475 e. The van der Waals surface area contributed by atoms with Crippen LogP contribution in [0.2, 0.25) is 0 Å². The molecule has 2 saturated heterocycles. The second-order valence-corrected chi connectivity index (χ2v) is 9.64. The molecule has 0 aliphatic carbocycles. The van der Waals surface area contributed by atoms with E-state index in [1.807, 2.05) is 12.1 Å². The number of rotatable bonds is 5. The van der Waals surface area contributed by atoms with E-state index in [1.54, 1.807) is 17.6 Å². The lowest BCUT2D eigenvalue weighted by molar-refractivity contribution is -0.193. The fourth-order valence-corrected chi connectivity index (χ4v) is 4.65. The van der Waals surface area contributed by atoms with Crippen LogP contribution in [0.15, 0.2) is 39.6 Å². The van der Waals surface area contributed by atoms with E-state index in [0.29, 0.717) is 6.04 Å². The van der Waals surface area contributed by atoms with E-state index in [9.17, 15) is 26.3 Å². The molecule has 38 heavy (non-hydrogen) atoms. The van der Waals surface area contributed by atoms with Crippen LogP contribution in [0.1, 0.15) is 30.6 Å². The highest BCUT2D eigenvalue weighted by Gasteiger charge is 2.44. The van der Waals surface area contributed by atoms with Crippen LogP contribution in [-0.4, -0.2) is 82.7 Å². The Morgan fingerprint density at radius 1 is 1.11 bits per heavy atom. The second-order valence-electron chi connectivity index (χ2n) is 8.86. The monoisotopic (exact) mass is 574 g/mol. The van der Waals surface area contributed by atoms with Crippen LogP contribution in [0, 0.1) is 0 Å². The third-order valence-electron chi connectivity index (χ3n) is 6.04. The number of hydrogen-bond donors (Lipinski definition) is 2. The van der Waals surface area contributed by atoms with E-state index in [4.69, 9.17) is 29.0 Å². The van der Waals surface area contributed by atoms with Crippen LogP contribution in [0.4, 0.5) is 26.3 Å². The molecule has 2 aliphatic heterocycles. The number of ether oxygens (including phenoxy) is 1. The van der Waals surface area contributed by atoms with Crippen molar-refractivity contribution in [2.24, 2.45) is 0 Å². The molecule has 2 N–H and O–H groups in total. The standard InChI is InChI=1S/C19H26N2O2S.2C2HF3O2/c1-20(13-18-3-2-9-22-18)17-11-19(23-14-17)5-7-21(8-6-19)12-16-4-10-24-15-16;2*3-2(4,5)1(6)7/h2-4,9-10,15,17H,5-8,11-14H2,1H3;2*(H,6,7). The Bertz CT molecular complexity index is 965. The molecule has 0 bridgehead atoms. The van der Waals surface area contributed by atoms with Gasteiger partial charge in [-0.2, -0.15) is 37.7 Å². The molecule has 214 valence electrons. The van der Waals surface area contributed by atoms with Gasteiger partial charge in [-0.05, 0) is 60.8 Å². The molecule has 0 radical (unpaired) electrons. The van der Waals surface area contributed by atoms with Crippen LogP contribution < -0.4 is 0 Å². The minimum Gasteiger partial charge on any atom is -0.475 e. The maximum absolute atomic E-state index is 10.6. The average molecular weight is 575 g/mol. The van der Waals surface area contributed by atoms with Crippen molar-refractivity contribution < 1.29 is 55.3 Å². The van der Waals surface area contributed by atoms with E-state index in [-0.39, 0.29) is 5.60 Å². The first-order valence-corrected chi connectivity index (χ1v) is 12.3. The molecule has 0 amide bonds. The van der Waals surface area contributed by atoms with Crippen LogP contribution in [0.25, 0.3) is 0 Å². The Balaban J connectivity index is 0.000000301. The van der Waals surface area contributed by atoms with Crippen molar-refractivity contribution in [3.8, 4) is 0 Å². The van der Waals surface area contributed by atoms with Gasteiger partial charge in [0, 0.05) is 25.7 Å². The molecule has 2 aliphatic rings. The summed E-state index contributed by atoms with van der Waals surface area (Å²) in [6, 6.07) is 6.74. The van der Waals surface area contributed by atoms with Gasteiger partial charge in [0.05, 0.1) is 25.0 Å². The van der Waals surface area contributed by atoms with Crippen molar-refractivity contribution in [3.05, 3.63) is 46.5 Å². The van der Waals surface area contributed by atoms with Crippen molar-refractivity contribution in [1.82, 2.24) is 9.80 Å². The van der Waals surface area contributed by atoms with Crippen LogP contribution >= 0.6 is 11.3 Å². The number of nitrogens with zero attached hydrogens (tertiary/aromatic N) is 2. The average Bonchev–Trinajstić information content (AvgIpc) is 3.58. The Morgan fingerprint density at radius 2 is 1.68 bits per heavy atom. The van der Waals surface area contributed by atoms with E-state index in [2.05, 4.69) is 33.7 Å². The first-order chi connectivity index (χ1) is 17.6. The highest BCUT2D eigenvalue weighted by atomic mass is 32.1. The Kier molecular flexibility index (Phi) is 11.2. The third-order valence-corrected chi connectivity index (χ3v) is 6.77. The van der Waals surface area contributed by atoms with Gasteiger partial charge in [0.25, 0.3) is 0 Å². The van der Waals surface area contributed by atoms with E-state index >= 15 is 0 Å². The van der Waals surface area contributed by atoms with Crippen LogP contribution in [0.5, 0.6) is 0 Å². The summed E-state index contributed by atoms with van der Waals surface area (Å²) in [7, 11) is 2.18. The molecule has 4 heterocycles. The van der Waals surface area contributed by atoms with Gasteiger partial charge in [-0.15, -0.1) is 0 Å². The number of furan rings is 1. The first kappa shape index (κ1) is 31.6. The summed E-state index contributed by atoms with van der Waals surface area (Å²) in [4.78, 5) is 22.7. The minimum atomic E-state index is -5.08. The van der Waals surface area contributed by atoms with Gasteiger partial charge in [-0.3, -0.25) is 9.80 Å². The number of carboxylic acids is 2. The molecular weight excluding hydrogens is 546 g/mol. The normalized spacial score (nSPS) is 19.4. The summed E-state index contributed by atoms with van der Waals surface area (Å²) in [5, 5.41) is 18.7. The Morgan fingerprint density at radius 3 is 2.13 bits per heavy atom. The number of likely N-dealkylation sites (N-methyl/N-ethyl adjacent to an activating group) is 1. The van der Waals surface area contributed by atoms with Gasteiger partial charge in [0.1, 0.15) is 5.76 Å². The fourth-order valence-electron chi connectivity index (χ4n) is 3.99. The number of halogens is 6. The number of alkyl halides is 6. The number of piperidine rings is 1. The predicted molar refractivity (Wildman–Crippen MR) is 123 cm³/mol. The van der Waals surface area contributed by atoms with E-state index < -0.39 is 24.3 Å². The summed E-state index contributed by atoms with van der Waals surface area (Å²) in [6.07, 6.45) is -4.96. The summed E-state index contributed by atoms with van der Waals surface area (Å²) in [6.45, 7) is 5.08. The highest BCUT2D eigenvalue weighted by molar-refractivity contribution is 7.07. The zero-order valence-electron chi connectivity index (χ0n) is 20.3. The number of carboxylic acid groups (broad SMARTS) is 2. The molecule has 0 saturated carbocycles. The summed E-state index contributed by atoms with van der Waals surface area (Å²) >= 11 is 1.79. The molecule has 4 rings (SSSR count). The van der Waals surface area contributed by atoms with Crippen molar-refractivity contribution in [2.45, 2.75) is 56.3 Å². The number of likely N-dealkylation sites (tertiary alicyclic amines) is 1. The number of hydrogen-bond acceptors (Lipinski definition) is 7. The highest BCUT2D eigenvalue weighted by Crippen LogP contribution is 2.38. The molecule has 2 fully saturated rings. The molecule has 1 spiro atoms. The molecule has 15 heteroatoms. The quantitative estimate of drug-likeness (QED) is 0.488. The van der Waals surface area contributed by atoms with Gasteiger partial charge in [-0.25, -0.2) is 9.59 Å². The molecule has 1 unspecified atom stereocenters. The Labute approximate surface area is 218 Å². The predicted octanol–water partition coefficient (Wildman–Crippen LogP) is 4.86. The Hall–Kier alpha value is -2.62. The van der Waals surface area contributed by atoms with Crippen LogP contribution in [-0.2, 0) is 27.4 Å².